The number of nitrogens with zero attached hydrogens (tertiary/aromatic N) is 1. The molecule has 1 unspecified atom stereocenters. The number of thioether (sulfide) groups is 1. The van der Waals surface area contributed by atoms with Crippen LogP contribution in [-0.4, -0.2) is 40.6 Å². The van der Waals surface area contributed by atoms with Crippen LogP contribution in [0.1, 0.15) is 13.3 Å². The van der Waals surface area contributed by atoms with Crippen molar-refractivity contribution in [1.82, 2.24) is 4.90 Å². The minimum atomic E-state index is -0.135. The summed E-state index contributed by atoms with van der Waals surface area (Å²) in [6, 6.07) is 0.219. The molecule has 0 bridgehead atoms. The van der Waals surface area contributed by atoms with Crippen molar-refractivity contribution < 1.29 is 9.53 Å². The Morgan fingerprint density at radius 1 is 1.85 bits per heavy atom. The number of carbonyl (C=O) groups is 1. The first-order valence-electron chi connectivity index (χ1n) is 4.20. The van der Waals surface area contributed by atoms with Gasteiger partial charge in [-0.1, -0.05) is 24.0 Å². The van der Waals surface area contributed by atoms with Crippen LogP contribution in [-0.2, 0) is 9.53 Å². The fourth-order valence-electron chi connectivity index (χ4n) is 1.14. The van der Waals surface area contributed by atoms with Gasteiger partial charge in [0, 0.05) is 18.8 Å². The quantitative estimate of drug-likeness (QED) is 0.527. The summed E-state index contributed by atoms with van der Waals surface area (Å²) in [5, 5.41) is 0. The second-order valence-corrected chi connectivity index (χ2v) is 4.50. The first-order valence-corrected chi connectivity index (χ1v) is 5.59. The summed E-state index contributed by atoms with van der Waals surface area (Å²) >= 11 is 6.70. The molecule has 0 aromatic heterocycles. The molecule has 1 saturated heterocycles. The average Bonchev–Trinajstić information content (AvgIpc) is 2.37. The zero-order chi connectivity index (χ0) is 9.84. The lowest BCUT2D eigenvalue weighted by molar-refractivity contribution is -0.143. The van der Waals surface area contributed by atoms with E-state index in [9.17, 15) is 4.79 Å². The van der Waals surface area contributed by atoms with Crippen LogP contribution in [0.4, 0.5) is 0 Å². The van der Waals surface area contributed by atoms with Gasteiger partial charge >= 0.3 is 5.97 Å². The predicted molar refractivity (Wildman–Crippen MR) is 57.9 cm³/mol. The number of hydrogen-bond donors (Lipinski definition) is 0. The van der Waals surface area contributed by atoms with Crippen LogP contribution < -0.4 is 0 Å². The molecule has 0 aliphatic carbocycles. The van der Waals surface area contributed by atoms with E-state index < -0.39 is 0 Å². The van der Waals surface area contributed by atoms with E-state index in [1.165, 1.54) is 0 Å². The zero-order valence-electron chi connectivity index (χ0n) is 7.78. The highest BCUT2D eigenvalue weighted by Gasteiger charge is 2.27. The molecule has 74 valence electrons. The van der Waals surface area contributed by atoms with E-state index in [1.54, 1.807) is 11.8 Å². The summed E-state index contributed by atoms with van der Waals surface area (Å²) in [6.45, 7) is 2.27. The van der Waals surface area contributed by atoms with Crippen LogP contribution in [0, 0.1) is 0 Å². The molecule has 1 aliphatic rings. The van der Waals surface area contributed by atoms with Gasteiger partial charge in [0.25, 0.3) is 0 Å². The van der Waals surface area contributed by atoms with Crippen LogP contribution in [0.25, 0.3) is 0 Å². The topological polar surface area (TPSA) is 29.5 Å². The monoisotopic (exact) mass is 219 g/mol. The van der Waals surface area contributed by atoms with Crippen LogP contribution in [0.15, 0.2) is 0 Å². The van der Waals surface area contributed by atoms with Gasteiger partial charge in [0.1, 0.15) is 4.32 Å². The maximum atomic E-state index is 11.1. The Hall–Kier alpha value is -0.290. The first kappa shape index (κ1) is 10.8. The molecule has 1 fully saturated rings. The summed E-state index contributed by atoms with van der Waals surface area (Å²) in [5.74, 6) is 0.762. The van der Waals surface area contributed by atoms with Gasteiger partial charge in [-0.25, -0.2) is 0 Å². The highest BCUT2D eigenvalue weighted by Crippen LogP contribution is 2.24. The predicted octanol–water partition coefficient (Wildman–Crippen LogP) is 1.27. The van der Waals surface area contributed by atoms with Gasteiger partial charge in [0.2, 0.25) is 0 Å². The summed E-state index contributed by atoms with van der Waals surface area (Å²) in [6.07, 6.45) is 0.442. The van der Waals surface area contributed by atoms with Crippen molar-refractivity contribution in [2.24, 2.45) is 0 Å². The SMILES string of the molecule is CCOC(=O)CC1CSC(=S)N1C. The van der Waals surface area contributed by atoms with Crippen LogP contribution in [0.2, 0.25) is 0 Å². The summed E-state index contributed by atoms with van der Waals surface area (Å²) in [7, 11) is 1.92. The summed E-state index contributed by atoms with van der Waals surface area (Å²) in [4.78, 5) is 13.1. The Morgan fingerprint density at radius 3 is 3.00 bits per heavy atom. The molecule has 0 amide bonds. The number of hydrogen-bond acceptors (Lipinski definition) is 4. The molecular weight excluding hydrogens is 206 g/mol. The second kappa shape index (κ2) is 4.81. The van der Waals surface area contributed by atoms with E-state index in [-0.39, 0.29) is 12.0 Å². The third-order valence-electron chi connectivity index (χ3n) is 1.94. The summed E-state index contributed by atoms with van der Waals surface area (Å²) in [5.41, 5.74) is 0. The molecule has 0 aromatic carbocycles. The average molecular weight is 219 g/mol. The second-order valence-electron chi connectivity index (χ2n) is 2.85. The largest absolute Gasteiger partial charge is 0.466 e. The van der Waals surface area contributed by atoms with E-state index in [0.717, 1.165) is 10.1 Å². The molecule has 1 atom stereocenters. The molecule has 5 heteroatoms. The molecule has 0 aromatic rings. The number of thiocarbonyl (C=S) groups is 1. The Bertz CT molecular complexity index is 220. The van der Waals surface area contributed by atoms with Gasteiger partial charge in [-0.15, -0.1) is 0 Å². The van der Waals surface area contributed by atoms with Gasteiger partial charge in [0.05, 0.1) is 13.0 Å². The van der Waals surface area contributed by atoms with E-state index >= 15 is 0 Å². The fourth-order valence-corrected chi connectivity index (χ4v) is 2.52. The van der Waals surface area contributed by atoms with E-state index in [1.807, 2.05) is 18.9 Å². The third-order valence-corrected chi connectivity index (χ3v) is 3.67. The minimum absolute atomic E-state index is 0.135. The van der Waals surface area contributed by atoms with Gasteiger partial charge in [0.15, 0.2) is 0 Å². The van der Waals surface area contributed by atoms with Gasteiger partial charge in [-0.2, -0.15) is 0 Å². The third kappa shape index (κ3) is 2.84. The number of esters is 1. The Kier molecular flexibility index (Phi) is 3.99. The summed E-state index contributed by atoms with van der Waals surface area (Å²) < 4.78 is 5.74. The highest BCUT2D eigenvalue weighted by atomic mass is 32.2. The van der Waals surface area contributed by atoms with E-state index in [4.69, 9.17) is 17.0 Å². The number of carbonyl (C=O) groups excluding carboxylic acids is 1. The standard InChI is InChI=1S/C8H13NO2S2/c1-3-11-7(10)4-6-5-13-8(12)9(6)2/h6H,3-5H2,1-2H3. The molecule has 1 rings (SSSR count). The van der Waals surface area contributed by atoms with Crippen molar-refractivity contribution >= 4 is 34.3 Å². The molecule has 0 spiro atoms. The molecule has 13 heavy (non-hydrogen) atoms. The molecule has 1 heterocycles. The Morgan fingerprint density at radius 2 is 2.54 bits per heavy atom. The van der Waals surface area contributed by atoms with Crippen LogP contribution in [0.3, 0.4) is 0 Å². The zero-order valence-corrected chi connectivity index (χ0v) is 9.41. The van der Waals surface area contributed by atoms with Crippen molar-refractivity contribution in [3.63, 3.8) is 0 Å². The lowest BCUT2D eigenvalue weighted by Crippen LogP contribution is -2.31. The van der Waals surface area contributed by atoms with Crippen molar-refractivity contribution in [2.45, 2.75) is 19.4 Å². The Balaban J connectivity index is 2.37. The van der Waals surface area contributed by atoms with Crippen LogP contribution in [0.5, 0.6) is 0 Å². The van der Waals surface area contributed by atoms with E-state index in [0.29, 0.717) is 13.0 Å². The number of rotatable bonds is 3. The normalized spacial score (nSPS) is 22.2. The number of ether oxygens (including phenoxy) is 1. The Labute approximate surface area is 87.8 Å². The van der Waals surface area contributed by atoms with E-state index in [2.05, 4.69) is 0 Å². The maximum Gasteiger partial charge on any atom is 0.307 e. The van der Waals surface area contributed by atoms with Gasteiger partial charge < -0.3 is 9.64 Å². The molecule has 1 aliphatic heterocycles. The van der Waals surface area contributed by atoms with Crippen molar-refractivity contribution in [2.75, 3.05) is 19.4 Å². The maximum absolute atomic E-state index is 11.1. The van der Waals surface area contributed by atoms with Crippen molar-refractivity contribution in [3.8, 4) is 0 Å². The smallest absolute Gasteiger partial charge is 0.307 e. The van der Waals surface area contributed by atoms with Crippen molar-refractivity contribution in [3.05, 3.63) is 0 Å². The molecule has 0 N–H and O–H groups in total. The first-order chi connectivity index (χ1) is 6.15. The van der Waals surface area contributed by atoms with Gasteiger partial charge in [-0.3, -0.25) is 4.79 Å². The highest BCUT2D eigenvalue weighted by molar-refractivity contribution is 8.23. The molecule has 3 nitrogen and oxygen atoms in total. The molecule has 0 radical (unpaired) electrons. The lowest BCUT2D eigenvalue weighted by Gasteiger charge is -2.18. The van der Waals surface area contributed by atoms with Crippen molar-refractivity contribution in [1.29, 1.82) is 0 Å². The fraction of sp³-hybridized carbons (Fsp3) is 0.750. The molecular formula is C8H13NO2S2. The minimum Gasteiger partial charge on any atom is -0.466 e. The van der Waals surface area contributed by atoms with Gasteiger partial charge in [-0.05, 0) is 6.92 Å². The lowest BCUT2D eigenvalue weighted by atomic mass is 10.2. The van der Waals surface area contributed by atoms with Crippen LogP contribution >= 0.6 is 24.0 Å². The molecule has 0 saturated carbocycles.